The summed E-state index contributed by atoms with van der Waals surface area (Å²) in [4.78, 5) is 17.5. The molecular formula is C13H27N7. The zero-order valence-corrected chi connectivity index (χ0v) is 13.3. The van der Waals surface area contributed by atoms with E-state index in [2.05, 4.69) is 63.3 Å². The van der Waals surface area contributed by atoms with Gasteiger partial charge in [-0.3, -0.25) is 0 Å². The Kier molecular flexibility index (Phi) is 7.00. The third-order valence-electron chi connectivity index (χ3n) is 2.96. The Balaban J connectivity index is 2.72. The predicted molar refractivity (Wildman–Crippen MR) is 84.6 cm³/mol. The molecule has 20 heavy (non-hydrogen) atoms. The molecule has 0 aliphatic rings. The lowest BCUT2D eigenvalue weighted by molar-refractivity contribution is 0.405. The van der Waals surface area contributed by atoms with Gasteiger partial charge in [-0.25, -0.2) is 0 Å². The molecule has 0 aliphatic heterocycles. The summed E-state index contributed by atoms with van der Waals surface area (Å²) in [6.07, 6.45) is 1.05. The van der Waals surface area contributed by atoms with Gasteiger partial charge in [-0.2, -0.15) is 15.0 Å². The van der Waals surface area contributed by atoms with Crippen molar-refractivity contribution in [1.82, 2.24) is 19.9 Å². The molecule has 0 unspecified atom stereocenters. The second-order valence-corrected chi connectivity index (χ2v) is 4.79. The second-order valence-electron chi connectivity index (χ2n) is 4.79. The summed E-state index contributed by atoms with van der Waals surface area (Å²) in [6, 6.07) is 0. The average Bonchev–Trinajstić information content (AvgIpc) is 2.44. The molecule has 114 valence electrons. The van der Waals surface area contributed by atoms with Gasteiger partial charge >= 0.3 is 0 Å². The van der Waals surface area contributed by atoms with E-state index in [4.69, 9.17) is 0 Å². The molecule has 0 spiro atoms. The molecule has 0 aliphatic carbocycles. The lowest BCUT2D eigenvalue weighted by Gasteiger charge is -2.19. The van der Waals surface area contributed by atoms with Crippen LogP contribution in [0, 0.1) is 0 Å². The standard InChI is InChI=1S/C13H27N7/c1-6-20(7-2)13-17-11(14-3)16-12(18-13)15-9-8-10-19(4)5/h6-10H2,1-5H3,(H2,14,15,16,17,18). The van der Waals surface area contributed by atoms with Gasteiger partial charge in [0.05, 0.1) is 0 Å². The van der Waals surface area contributed by atoms with E-state index in [1.54, 1.807) is 0 Å². The minimum Gasteiger partial charge on any atom is -0.357 e. The van der Waals surface area contributed by atoms with Crippen LogP contribution >= 0.6 is 0 Å². The molecule has 7 heteroatoms. The molecule has 0 bridgehead atoms. The fourth-order valence-corrected chi connectivity index (χ4v) is 1.80. The van der Waals surface area contributed by atoms with Gasteiger partial charge in [-0.15, -0.1) is 0 Å². The summed E-state index contributed by atoms with van der Waals surface area (Å²) < 4.78 is 0. The Morgan fingerprint density at radius 2 is 1.65 bits per heavy atom. The van der Waals surface area contributed by atoms with Crippen molar-refractivity contribution >= 4 is 17.8 Å². The number of nitrogens with one attached hydrogen (secondary N) is 2. The quantitative estimate of drug-likeness (QED) is 0.657. The maximum atomic E-state index is 4.48. The third-order valence-corrected chi connectivity index (χ3v) is 2.96. The zero-order valence-electron chi connectivity index (χ0n) is 13.3. The van der Waals surface area contributed by atoms with Gasteiger partial charge in [0.25, 0.3) is 0 Å². The first-order valence-corrected chi connectivity index (χ1v) is 7.18. The van der Waals surface area contributed by atoms with E-state index in [9.17, 15) is 0 Å². The van der Waals surface area contributed by atoms with Crippen LogP contribution in [0.25, 0.3) is 0 Å². The van der Waals surface area contributed by atoms with Crippen molar-refractivity contribution < 1.29 is 0 Å². The summed E-state index contributed by atoms with van der Waals surface area (Å²) in [5.74, 6) is 1.94. The Bertz CT molecular complexity index is 390. The predicted octanol–water partition coefficient (Wildman–Crippen LogP) is 1.12. The SMILES string of the molecule is CCN(CC)c1nc(NC)nc(NCCCN(C)C)n1. The van der Waals surface area contributed by atoms with E-state index in [-0.39, 0.29) is 0 Å². The third kappa shape index (κ3) is 5.16. The van der Waals surface area contributed by atoms with E-state index in [1.165, 1.54) is 0 Å². The number of aromatic nitrogens is 3. The van der Waals surface area contributed by atoms with Crippen molar-refractivity contribution in [3.63, 3.8) is 0 Å². The van der Waals surface area contributed by atoms with Crippen LogP contribution in [-0.2, 0) is 0 Å². The van der Waals surface area contributed by atoms with Crippen LogP contribution in [0.2, 0.25) is 0 Å². The van der Waals surface area contributed by atoms with Crippen molar-refractivity contribution in [1.29, 1.82) is 0 Å². The van der Waals surface area contributed by atoms with Crippen molar-refractivity contribution in [2.24, 2.45) is 0 Å². The van der Waals surface area contributed by atoms with Gasteiger partial charge in [0, 0.05) is 26.7 Å². The van der Waals surface area contributed by atoms with E-state index in [0.717, 1.165) is 32.6 Å². The maximum absolute atomic E-state index is 4.48. The van der Waals surface area contributed by atoms with Gasteiger partial charge in [0.2, 0.25) is 17.8 Å². The molecule has 0 aromatic carbocycles. The van der Waals surface area contributed by atoms with E-state index >= 15 is 0 Å². The fourth-order valence-electron chi connectivity index (χ4n) is 1.80. The largest absolute Gasteiger partial charge is 0.357 e. The summed E-state index contributed by atoms with van der Waals surface area (Å²) in [7, 11) is 5.96. The fraction of sp³-hybridized carbons (Fsp3) is 0.769. The summed E-state index contributed by atoms with van der Waals surface area (Å²) >= 11 is 0. The molecule has 1 rings (SSSR count). The van der Waals surface area contributed by atoms with Crippen LogP contribution in [0.3, 0.4) is 0 Å². The highest BCUT2D eigenvalue weighted by Gasteiger charge is 2.10. The van der Waals surface area contributed by atoms with Gasteiger partial charge in [0.15, 0.2) is 0 Å². The highest BCUT2D eigenvalue weighted by molar-refractivity contribution is 5.43. The summed E-state index contributed by atoms with van der Waals surface area (Å²) in [5, 5.41) is 6.24. The number of hydrogen-bond acceptors (Lipinski definition) is 7. The van der Waals surface area contributed by atoms with Crippen LogP contribution in [0.5, 0.6) is 0 Å². The molecule has 0 fully saturated rings. The first-order valence-electron chi connectivity index (χ1n) is 7.18. The molecule has 7 nitrogen and oxygen atoms in total. The highest BCUT2D eigenvalue weighted by Crippen LogP contribution is 2.12. The summed E-state index contributed by atoms with van der Waals surface area (Å²) in [5.41, 5.74) is 0. The normalized spacial score (nSPS) is 10.7. The molecule has 0 atom stereocenters. The van der Waals surface area contributed by atoms with Crippen molar-refractivity contribution in [3.05, 3.63) is 0 Å². The van der Waals surface area contributed by atoms with Crippen molar-refractivity contribution in [2.45, 2.75) is 20.3 Å². The van der Waals surface area contributed by atoms with Crippen LogP contribution in [0.4, 0.5) is 17.8 Å². The van der Waals surface area contributed by atoms with E-state index < -0.39 is 0 Å². The van der Waals surface area contributed by atoms with E-state index in [1.807, 2.05) is 7.05 Å². The first-order chi connectivity index (χ1) is 9.60. The van der Waals surface area contributed by atoms with Gasteiger partial charge in [-0.1, -0.05) is 0 Å². The number of nitrogens with zero attached hydrogens (tertiary/aromatic N) is 5. The monoisotopic (exact) mass is 281 g/mol. The lowest BCUT2D eigenvalue weighted by atomic mass is 10.4. The summed E-state index contributed by atoms with van der Waals surface area (Å²) in [6.45, 7) is 7.84. The van der Waals surface area contributed by atoms with E-state index in [0.29, 0.717) is 17.8 Å². The first kappa shape index (κ1) is 16.4. The average molecular weight is 281 g/mol. The van der Waals surface area contributed by atoms with Crippen LogP contribution in [0.15, 0.2) is 0 Å². The minimum absolute atomic E-state index is 0.594. The molecular weight excluding hydrogens is 254 g/mol. The number of hydrogen-bond donors (Lipinski definition) is 2. The second kappa shape index (κ2) is 8.52. The molecule has 2 N–H and O–H groups in total. The molecule has 0 saturated carbocycles. The lowest BCUT2D eigenvalue weighted by Crippen LogP contribution is -2.25. The minimum atomic E-state index is 0.594. The van der Waals surface area contributed by atoms with Crippen molar-refractivity contribution in [3.8, 4) is 0 Å². The molecule has 1 aromatic rings. The Labute approximate surface area is 121 Å². The molecule has 1 heterocycles. The topological polar surface area (TPSA) is 69.2 Å². The smallest absolute Gasteiger partial charge is 0.231 e. The zero-order chi connectivity index (χ0) is 15.0. The molecule has 0 radical (unpaired) electrons. The highest BCUT2D eigenvalue weighted by atomic mass is 15.3. The van der Waals surface area contributed by atoms with Crippen LogP contribution in [0.1, 0.15) is 20.3 Å². The van der Waals surface area contributed by atoms with Crippen molar-refractivity contribution in [2.75, 3.05) is 62.9 Å². The number of rotatable bonds is 9. The maximum Gasteiger partial charge on any atom is 0.231 e. The Hall–Kier alpha value is -1.63. The molecule has 0 amide bonds. The number of anilines is 3. The Morgan fingerprint density at radius 1 is 1.00 bits per heavy atom. The van der Waals surface area contributed by atoms with Crippen LogP contribution < -0.4 is 15.5 Å². The molecule has 0 saturated heterocycles. The van der Waals surface area contributed by atoms with Gasteiger partial charge in [-0.05, 0) is 40.9 Å². The van der Waals surface area contributed by atoms with Crippen LogP contribution in [-0.4, -0.2) is 67.2 Å². The Morgan fingerprint density at radius 3 is 2.20 bits per heavy atom. The van der Waals surface area contributed by atoms with Gasteiger partial charge < -0.3 is 20.4 Å². The molecule has 1 aromatic heterocycles. The van der Waals surface area contributed by atoms with Gasteiger partial charge in [0.1, 0.15) is 0 Å².